The van der Waals surface area contributed by atoms with E-state index in [1.807, 2.05) is 12.1 Å². The molecule has 0 unspecified atom stereocenters. The number of hydrogen-bond donors (Lipinski definition) is 3. The number of rotatable bonds is 0. The fraction of sp³-hybridized carbons (Fsp3) is 0. The van der Waals surface area contributed by atoms with Gasteiger partial charge < -0.3 is 16.0 Å². The Hall–Kier alpha value is -1.64. The Morgan fingerprint density at radius 2 is 1.91 bits per heavy atom. The molecule has 0 amide bonds. The summed E-state index contributed by atoms with van der Waals surface area (Å²) in [7, 11) is 0. The molecule has 1 heterocycles. The predicted molar refractivity (Wildman–Crippen MR) is 42.6 cm³/mol. The van der Waals surface area contributed by atoms with E-state index in [-0.39, 0.29) is 0 Å². The summed E-state index contributed by atoms with van der Waals surface area (Å²) in [5.74, 6) is 0.299. The van der Waals surface area contributed by atoms with E-state index in [1.165, 1.54) is 0 Å². The van der Waals surface area contributed by atoms with Crippen LogP contribution in [0, 0.1) is 0 Å². The zero-order valence-corrected chi connectivity index (χ0v) is 5.83. The highest BCUT2D eigenvalue weighted by Crippen LogP contribution is 1.93. The number of aromatic hydroxyl groups is 1. The lowest BCUT2D eigenvalue weighted by Crippen LogP contribution is -2.38. The Labute approximate surface area is 63.6 Å². The first-order valence-corrected chi connectivity index (χ1v) is 3.37. The third kappa shape index (κ3) is 0.902. The minimum atomic E-state index is 0.299. The van der Waals surface area contributed by atoms with Crippen LogP contribution in [-0.2, 0) is 0 Å². The largest absolute Gasteiger partial charge is 0.507 e. The van der Waals surface area contributed by atoms with Crippen LogP contribution >= 0.6 is 0 Å². The summed E-state index contributed by atoms with van der Waals surface area (Å²) < 4.78 is 0. The van der Waals surface area contributed by atoms with Gasteiger partial charge in [-0.15, -0.1) is 0 Å². The van der Waals surface area contributed by atoms with Gasteiger partial charge in [0.2, 0.25) is 0 Å². The van der Waals surface area contributed by atoms with E-state index in [0.717, 1.165) is 10.4 Å². The summed E-state index contributed by atoms with van der Waals surface area (Å²) in [5, 5.41) is 11.2. The fourth-order valence-electron chi connectivity index (χ4n) is 1.09. The van der Waals surface area contributed by atoms with Crippen LogP contribution in [0.2, 0.25) is 0 Å². The lowest BCUT2D eigenvalue weighted by molar-refractivity contribution is 0.469. The maximum absolute atomic E-state index is 9.34. The van der Waals surface area contributed by atoms with Gasteiger partial charge in [0.1, 0.15) is 5.75 Å². The molecule has 1 aromatic carbocycles. The van der Waals surface area contributed by atoms with Crippen LogP contribution in [0.5, 0.6) is 5.75 Å². The summed E-state index contributed by atoms with van der Waals surface area (Å²) in [6, 6.07) is 5.40. The Kier molecular flexibility index (Phi) is 1.22. The van der Waals surface area contributed by atoms with Gasteiger partial charge in [-0.25, -0.2) is 0 Å². The zero-order chi connectivity index (χ0) is 7.68. The molecule has 1 aliphatic heterocycles. The number of hydrazine groups is 1. The molecular weight excluding hydrogens is 140 g/mol. The van der Waals surface area contributed by atoms with Crippen LogP contribution in [0.3, 0.4) is 0 Å². The highest BCUT2D eigenvalue weighted by Gasteiger charge is 1.94. The highest BCUT2D eigenvalue weighted by molar-refractivity contribution is 5.40. The molecule has 3 nitrogen and oxygen atoms in total. The number of nitrogens with one attached hydrogen (secondary N) is 2. The molecule has 1 aromatic rings. The van der Waals surface area contributed by atoms with Crippen LogP contribution in [0.15, 0.2) is 18.2 Å². The molecule has 11 heavy (non-hydrogen) atoms. The van der Waals surface area contributed by atoms with Gasteiger partial charge in [-0.3, -0.25) is 0 Å². The van der Waals surface area contributed by atoms with Gasteiger partial charge in [-0.1, -0.05) is 12.1 Å². The van der Waals surface area contributed by atoms with Crippen molar-refractivity contribution in [2.75, 3.05) is 0 Å². The summed E-state index contributed by atoms with van der Waals surface area (Å²) in [5.41, 5.74) is 5.62. The molecule has 0 aliphatic carbocycles. The first-order valence-electron chi connectivity index (χ1n) is 3.37. The molecule has 1 aliphatic rings. The second-order valence-corrected chi connectivity index (χ2v) is 2.36. The van der Waals surface area contributed by atoms with Gasteiger partial charge in [-0.2, -0.15) is 0 Å². The van der Waals surface area contributed by atoms with Crippen molar-refractivity contribution in [3.05, 3.63) is 28.6 Å². The average Bonchev–Trinajstić information content (AvgIpc) is 2.06. The molecule has 56 valence electrons. The van der Waals surface area contributed by atoms with Crippen LogP contribution in [0.1, 0.15) is 0 Å². The second-order valence-electron chi connectivity index (χ2n) is 2.36. The maximum Gasteiger partial charge on any atom is 0.124 e. The van der Waals surface area contributed by atoms with Crippen LogP contribution in [0.25, 0.3) is 12.4 Å². The minimum absolute atomic E-state index is 0.299. The van der Waals surface area contributed by atoms with E-state index in [0.29, 0.717) is 5.75 Å². The fourth-order valence-corrected chi connectivity index (χ4v) is 1.09. The van der Waals surface area contributed by atoms with E-state index in [4.69, 9.17) is 0 Å². The normalized spacial score (nSPS) is 13.1. The Morgan fingerprint density at radius 3 is 2.73 bits per heavy atom. The third-order valence-electron chi connectivity index (χ3n) is 1.64. The monoisotopic (exact) mass is 148 g/mol. The number of hydrogen-bond acceptors (Lipinski definition) is 3. The van der Waals surface area contributed by atoms with Gasteiger partial charge in [0.25, 0.3) is 0 Å². The van der Waals surface area contributed by atoms with Crippen molar-refractivity contribution in [2.24, 2.45) is 0 Å². The van der Waals surface area contributed by atoms with Gasteiger partial charge in [-0.05, 0) is 6.07 Å². The number of phenolic OH excluding ortho intramolecular Hbond substituents is 1. The quantitative estimate of drug-likeness (QED) is 0.441. The number of fused-ring (bicyclic) bond motifs is 1. The van der Waals surface area contributed by atoms with E-state index in [2.05, 4.69) is 10.9 Å². The molecule has 0 bridgehead atoms. The molecule has 3 N–H and O–H groups in total. The SMILES string of the molecule is Oc1cccc2c1=CNNC=2. The van der Waals surface area contributed by atoms with Crippen molar-refractivity contribution in [1.82, 2.24) is 10.9 Å². The summed E-state index contributed by atoms with van der Waals surface area (Å²) in [6.07, 6.45) is 3.53. The molecule has 0 atom stereocenters. The van der Waals surface area contributed by atoms with Crippen LogP contribution in [0.4, 0.5) is 0 Å². The molecule has 0 radical (unpaired) electrons. The minimum Gasteiger partial charge on any atom is -0.507 e. The van der Waals surface area contributed by atoms with E-state index in [9.17, 15) is 5.11 Å². The summed E-state index contributed by atoms with van der Waals surface area (Å²) in [6.45, 7) is 0. The second kappa shape index (κ2) is 2.20. The predicted octanol–water partition coefficient (Wildman–Crippen LogP) is -1.02. The maximum atomic E-state index is 9.34. The molecular formula is C8H8N2O. The number of phenols is 1. The van der Waals surface area contributed by atoms with Gasteiger partial charge >= 0.3 is 0 Å². The molecule has 0 fully saturated rings. The Morgan fingerprint density at radius 1 is 1.09 bits per heavy atom. The van der Waals surface area contributed by atoms with Gasteiger partial charge in [0.05, 0.1) is 0 Å². The lowest BCUT2D eigenvalue weighted by Gasteiger charge is -2.05. The van der Waals surface area contributed by atoms with Crippen LogP contribution in [-0.4, -0.2) is 5.11 Å². The molecule has 0 aromatic heterocycles. The third-order valence-corrected chi connectivity index (χ3v) is 1.64. The highest BCUT2D eigenvalue weighted by atomic mass is 16.3. The average molecular weight is 148 g/mol. The standard InChI is InChI=1S/C8H8N2O/c11-8-3-1-2-6-4-9-10-5-7(6)8/h1-5,9-11H. The molecule has 0 spiro atoms. The lowest BCUT2D eigenvalue weighted by atomic mass is 10.2. The van der Waals surface area contributed by atoms with Crippen molar-refractivity contribution >= 4 is 12.4 Å². The van der Waals surface area contributed by atoms with Crippen molar-refractivity contribution in [2.45, 2.75) is 0 Å². The van der Waals surface area contributed by atoms with Crippen LogP contribution < -0.4 is 21.3 Å². The molecule has 0 saturated carbocycles. The Bertz CT molecular complexity index is 384. The summed E-state index contributed by atoms with van der Waals surface area (Å²) >= 11 is 0. The molecule has 3 heteroatoms. The van der Waals surface area contributed by atoms with E-state index in [1.54, 1.807) is 18.5 Å². The first-order chi connectivity index (χ1) is 5.38. The zero-order valence-electron chi connectivity index (χ0n) is 5.83. The smallest absolute Gasteiger partial charge is 0.124 e. The topological polar surface area (TPSA) is 44.3 Å². The summed E-state index contributed by atoms with van der Waals surface area (Å²) in [4.78, 5) is 0. The van der Waals surface area contributed by atoms with Crippen molar-refractivity contribution in [1.29, 1.82) is 0 Å². The van der Waals surface area contributed by atoms with Gasteiger partial charge in [0, 0.05) is 22.8 Å². The number of benzene rings is 1. The van der Waals surface area contributed by atoms with Crippen molar-refractivity contribution in [3.8, 4) is 5.75 Å². The first kappa shape index (κ1) is 6.09. The van der Waals surface area contributed by atoms with E-state index < -0.39 is 0 Å². The van der Waals surface area contributed by atoms with Crippen molar-refractivity contribution < 1.29 is 5.11 Å². The molecule has 2 rings (SSSR count). The molecule has 0 saturated heterocycles. The van der Waals surface area contributed by atoms with Gasteiger partial charge in [0.15, 0.2) is 0 Å². The van der Waals surface area contributed by atoms with E-state index >= 15 is 0 Å². The Balaban J connectivity index is 2.88. The van der Waals surface area contributed by atoms with Crippen molar-refractivity contribution in [3.63, 3.8) is 0 Å².